The number of nitrogens with one attached hydrogen (secondary N) is 2. The molecule has 2 heterocycles. The summed E-state index contributed by atoms with van der Waals surface area (Å²) >= 11 is 0. The minimum absolute atomic E-state index is 0.0299. The first-order valence-corrected chi connectivity index (χ1v) is 7.83. The number of halogens is 1. The van der Waals surface area contributed by atoms with E-state index < -0.39 is 0 Å². The Bertz CT molecular complexity index is 741. The Labute approximate surface area is 133 Å². The number of carbonyl (C=O) groups is 2. The van der Waals surface area contributed by atoms with Crippen LogP contribution in [0.3, 0.4) is 0 Å². The first-order valence-electron chi connectivity index (χ1n) is 7.83. The minimum atomic E-state index is -0.300. The Balaban J connectivity index is 1.69. The summed E-state index contributed by atoms with van der Waals surface area (Å²) < 4.78 is 13.2. The lowest BCUT2D eigenvalue weighted by Gasteiger charge is -2.33. The van der Waals surface area contributed by atoms with E-state index in [1.54, 1.807) is 17.2 Å². The van der Waals surface area contributed by atoms with Gasteiger partial charge in [-0.1, -0.05) is 0 Å². The average molecular weight is 317 g/mol. The third-order valence-electron chi connectivity index (χ3n) is 4.25. The Morgan fingerprint density at radius 3 is 3.04 bits per heavy atom. The van der Waals surface area contributed by atoms with Gasteiger partial charge in [0.15, 0.2) is 0 Å². The summed E-state index contributed by atoms with van der Waals surface area (Å²) in [6.07, 6.45) is 3.82. The van der Waals surface area contributed by atoms with Crippen LogP contribution >= 0.6 is 0 Å². The van der Waals surface area contributed by atoms with Gasteiger partial charge in [-0.05, 0) is 36.6 Å². The summed E-state index contributed by atoms with van der Waals surface area (Å²) in [6, 6.07) is 4.55. The number of rotatable bonds is 3. The SMILES string of the molecule is CC(=O)N[C@H]1CCCN(C(=O)Cc2c[nH]c3cc(F)ccc23)C1. The van der Waals surface area contributed by atoms with E-state index in [9.17, 15) is 14.0 Å². The maximum Gasteiger partial charge on any atom is 0.227 e. The number of carbonyl (C=O) groups excluding carboxylic acids is 2. The van der Waals surface area contributed by atoms with E-state index in [4.69, 9.17) is 0 Å². The molecule has 0 spiro atoms. The summed E-state index contributed by atoms with van der Waals surface area (Å²) in [5.74, 6) is -0.334. The Morgan fingerprint density at radius 2 is 2.26 bits per heavy atom. The van der Waals surface area contributed by atoms with Crippen LogP contribution in [-0.2, 0) is 16.0 Å². The highest BCUT2D eigenvalue weighted by molar-refractivity contribution is 5.89. The minimum Gasteiger partial charge on any atom is -0.361 e. The number of hydrogen-bond acceptors (Lipinski definition) is 2. The van der Waals surface area contributed by atoms with Gasteiger partial charge in [0.25, 0.3) is 0 Å². The largest absolute Gasteiger partial charge is 0.361 e. The standard InChI is InChI=1S/C17H20FN3O2/c1-11(22)20-14-3-2-6-21(10-14)17(23)7-12-9-19-16-8-13(18)4-5-15(12)16/h4-5,8-9,14,19H,2-3,6-7,10H2,1H3,(H,20,22)/t14-/m0/s1. The van der Waals surface area contributed by atoms with E-state index in [1.807, 2.05) is 0 Å². The topological polar surface area (TPSA) is 65.2 Å². The van der Waals surface area contributed by atoms with Gasteiger partial charge in [0.2, 0.25) is 11.8 Å². The molecule has 3 rings (SSSR count). The molecule has 0 saturated carbocycles. The van der Waals surface area contributed by atoms with Gasteiger partial charge in [-0.3, -0.25) is 9.59 Å². The number of amides is 2. The highest BCUT2D eigenvalue weighted by atomic mass is 19.1. The molecular weight excluding hydrogens is 297 g/mol. The summed E-state index contributed by atoms with van der Waals surface area (Å²) in [5.41, 5.74) is 1.56. The van der Waals surface area contributed by atoms with Crippen LogP contribution in [-0.4, -0.2) is 40.8 Å². The second-order valence-electron chi connectivity index (χ2n) is 6.06. The molecule has 1 fully saturated rings. The molecule has 0 bridgehead atoms. The second kappa shape index (κ2) is 6.40. The smallest absolute Gasteiger partial charge is 0.227 e. The number of likely N-dealkylation sites (tertiary alicyclic amines) is 1. The third-order valence-corrected chi connectivity index (χ3v) is 4.25. The predicted molar refractivity (Wildman–Crippen MR) is 85.4 cm³/mol. The van der Waals surface area contributed by atoms with Gasteiger partial charge in [0.1, 0.15) is 5.82 Å². The number of aromatic nitrogens is 1. The fraction of sp³-hybridized carbons (Fsp3) is 0.412. The Kier molecular flexibility index (Phi) is 4.32. The van der Waals surface area contributed by atoms with Crippen molar-refractivity contribution in [1.29, 1.82) is 0 Å². The van der Waals surface area contributed by atoms with Crippen LogP contribution in [0.1, 0.15) is 25.3 Å². The number of nitrogens with zero attached hydrogens (tertiary/aromatic N) is 1. The molecule has 0 aliphatic carbocycles. The summed E-state index contributed by atoms with van der Waals surface area (Å²) in [4.78, 5) is 28.5. The zero-order valence-corrected chi connectivity index (χ0v) is 13.1. The Hall–Kier alpha value is -2.37. The van der Waals surface area contributed by atoms with Crippen LogP contribution in [0.5, 0.6) is 0 Å². The van der Waals surface area contributed by atoms with Gasteiger partial charge >= 0.3 is 0 Å². The number of benzene rings is 1. The molecule has 122 valence electrons. The molecule has 23 heavy (non-hydrogen) atoms. The van der Waals surface area contributed by atoms with Crippen molar-refractivity contribution < 1.29 is 14.0 Å². The fourth-order valence-corrected chi connectivity index (χ4v) is 3.19. The number of piperidine rings is 1. The monoisotopic (exact) mass is 317 g/mol. The third kappa shape index (κ3) is 3.52. The Morgan fingerprint density at radius 1 is 1.43 bits per heavy atom. The van der Waals surface area contributed by atoms with E-state index >= 15 is 0 Å². The van der Waals surface area contributed by atoms with Crippen molar-refractivity contribution in [2.45, 2.75) is 32.2 Å². The van der Waals surface area contributed by atoms with E-state index in [2.05, 4.69) is 10.3 Å². The molecule has 1 atom stereocenters. The van der Waals surface area contributed by atoms with Crippen molar-refractivity contribution >= 4 is 22.7 Å². The quantitative estimate of drug-likeness (QED) is 0.909. The van der Waals surface area contributed by atoms with E-state index in [0.29, 0.717) is 18.6 Å². The lowest BCUT2D eigenvalue weighted by Crippen LogP contribution is -2.49. The molecular formula is C17H20FN3O2. The number of fused-ring (bicyclic) bond motifs is 1. The molecule has 1 aromatic carbocycles. The van der Waals surface area contributed by atoms with Crippen molar-refractivity contribution in [3.63, 3.8) is 0 Å². The van der Waals surface area contributed by atoms with Gasteiger partial charge in [0.05, 0.1) is 6.42 Å². The molecule has 1 aromatic heterocycles. The van der Waals surface area contributed by atoms with Gasteiger partial charge in [-0.2, -0.15) is 0 Å². The first-order chi connectivity index (χ1) is 11.0. The molecule has 1 aliphatic heterocycles. The van der Waals surface area contributed by atoms with Gasteiger partial charge < -0.3 is 15.2 Å². The second-order valence-corrected chi connectivity index (χ2v) is 6.06. The number of H-pyrrole nitrogens is 1. The normalized spacial score (nSPS) is 18.2. The van der Waals surface area contributed by atoms with Crippen LogP contribution in [0.4, 0.5) is 4.39 Å². The van der Waals surface area contributed by atoms with E-state index in [1.165, 1.54) is 19.1 Å². The molecule has 0 radical (unpaired) electrons. The van der Waals surface area contributed by atoms with Crippen LogP contribution < -0.4 is 5.32 Å². The molecule has 5 nitrogen and oxygen atoms in total. The molecule has 0 unspecified atom stereocenters. The van der Waals surface area contributed by atoms with Crippen molar-refractivity contribution in [3.05, 3.63) is 35.8 Å². The summed E-state index contributed by atoms with van der Waals surface area (Å²) in [5, 5.41) is 3.75. The zero-order chi connectivity index (χ0) is 16.4. The average Bonchev–Trinajstić information content (AvgIpc) is 2.89. The number of hydrogen-bond donors (Lipinski definition) is 2. The zero-order valence-electron chi connectivity index (χ0n) is 13.1. The van der Waals surface area contributed by atoms with Crippen LogP contribution in [0.2, 0.25) is 0 Å². The van der Waals surface area contributed by atoms with Crippen LogP contribution in [0, 0.1) is 5.82 Å². The highest BCUT2D eigenvalue weighted by Crippen LogP contribution is 2.21. The molecule has 6 heteroatoms. The molecule has 2 amide bonds. The van der Waals surface area contributed by atoms with Crippen molar-refractivity contribution in [2.75, 3.05) is 13.1 Å². The first kappa shape index (κ1) is 15.5. The summed E-state index contributed by atoms with van der Waals surface area (Å²) in [6.45, 7) is 2.76. The fourth-order valence-electron chi connectivity index (χ4n) is 3.19. The summed E-state index contributed by atoms with van der Waals surface area (Å²) in [7, 11) is 0. The van der Waals surface area contributed by atoms with Gasteiger partial charge in [0, 0.05) is 43.2 Å². The van der Waals surface area contributed by atoms with Crippen molar-refractivity contribution in [1.82, 2.24) is 15.2 Å². The lowest BCUT2D eigenvalue weighted by molar-refractivity contribution is -0.132. The predicted octanol–water partition coefficient (Wildman–Crippen LogP) is 1.98. The lowest BCUT2D eigenvalue weighted by atomic mass is 10.0. The highest BCUT2D eigenvalue weighted by Gasteiger charge is 2.24. The van der Waals surface area contributed by atoms with E-state index in [0.717, 1.165) is 23.8 Å². The molecule has 1 saturated heterocycles. The van der Waals surface area contributed by atoms with Gasteiger partial charge in [-0.15, -0.1) is 0 Å². The van der Waals surface area contributed by atoms with Gasteiger partial charge in [-0.25, -0.2) is 4.39 Å². The molecule has 2 N–H and O–H groups in total. The van der Waals surface area contributed by atoms with Crippen molar-refractivity contribution in [3.8, 4) is 0 Å². The maximum absolute atomic E-state index is 13.2. The van der Waals surface area contributed by atoms with Crippen molar-refractivity contribution in [2.24, 2.45) is 0 Å². The molecule has 2 aromatic rings. The van der Waals surface area contributed by atoms with Crippen LogP contribution in [0.15, 0.2) is 24.4 Å². The number of aromatic amines is 1. The maximum atomic E-state index is 13.2. The van der Waals surface area contributed by atoms with E-state index in [-0.39, 0.29) is 30.1 Å². The van der Waals surface area contributed by atoms with Crippen LogP contribution in [0.25, 0.3) is 10.9 Å². The molecule has 1 aliphatic rings.